The largest absolute Gasteiger partial charge is 0.476 e. The van der Waals surface area contributed by atoms with E-state index in [1.54, 1.807) is 15.6 Å². The third-order valence-corrected chi connectivity index (χ3v) is 3.09. The van der Waals surface area contributed by atoms with Gasteiger partial charge >= 0.3 is 5.97 Å². The van der Waals surface area contributed by atoms with Crippen molar-refractivity contribution in [2.75, 3.05) is 0 Å². The first-order chi connectivity index (χ1) is 10.3. The van der Waals surface area contributed by atoms with Crippen molar-refractivity contribution in [1.29, 1.82) is 0 Å². The molecule has 1 N–H and O–H groups in total. The van der Waals surface area contributed by atoms with Crippen molar-refractivity contribution in [1.82, 2.24) is 24.8 Å². The standard InChI is InChI=1S/C14H13N5O2/c20-14(21)12-13(11-5-2-1-3-6-11)19(17-16-12)10-9-18-8-4-7-15-18/h1-8H,9-10H2,(H,20,21). The number of aromatic nitrogens is 5. The molecule has 0 spiro atoms. The van der Waals surface area contributed by atoms with Crippen LogP contribution in [0.4, 0.5) is 0 Å². The van der Waals surface area contributed by atoms with Gasteiger partial charge in [-0.1, -0.05) is 35.5 Å². The van der Waals surface area contributed by atoms with Crippen molar-refractivity contribution >= 4 is 5.97 Å². The summed E-state index contributed by atoms with van der Waals surface area (Å²) in [5.74, 6) is -1.08. The van der Waals surface area contributed by atoms with Crippen molar-refractivity contribution < 1.29 is 9.90 Å². The Labute approximate surface area is 120 Å². The number of aryl methyl sites for hydroxylation is 2. The molecule has 0 bridgehead atoms. The number of carbonyl (C=O) groups is 1. The number of hydrogen-bond donors (Lipinski definition) is 1. The Bertz CT molecular complexity index is 734. The molecule has 1 aromatic carbocycles. The molecule has 0 aliphatic carbocycles. The summed E-state index contributed by atoms with van der Waals surface area (Å²) in [4.78, 5) is 11.3. The Morgan fingerprint density at radius 1 is 1.14 bits per heavy atom. The summed E-state index contributed by atoms with van der Waals surface area (Å²) in [5, 5.41) is 21.1. The molecule has 0 amide bonds. The molecule has 0 aliphatic heterocycles. The van der Waals surface area contributed by atoms with Crippen LogP contribution in [0.2, 0.25) is 0 Å². The number of benzene rings is 1. The molecule has 0 saturated carbocycles. The monoisotopic (exact) mass is 283 g/mol. The normalized spacial score (nSPS) is 10.7. The number of rotatable bonds is 5. The number of hydrogen-bond acceptors (Lipinski definition) is 4. The maximum atomic E-state index is 11.3. The molecule has 2 heterocycles. The second-order valence-electron chi connectivity index (χ2n) is 4.45. The van der Waals surface area contributed by atoms with E-state index in [4.69, 9.17) is 0 Å². The van der Waals surface area contributed by atoms with Crippen LogP contribution in [0.3, 0.4) is 0 Å². The summed E-state index contributed by atoms with van der Waals surface area (Å²) in [5.41, 5.74) is 1.25. The summed E-state index contributed by atoms with van der Waals surface area (Å²) in [7, 11) is 0. The highest BCUT2D eigenvalue weighted by Crippen LogP contribution is 2.22. The lowest BCUT2D eigenvalue weighted by Crippen LogP contribution is -2.11. The van der Waals surface area contributed by atoms with Crippen molar-refractivity contribution in [2.45, 2.75) is 13.1 Å². The van der Waals surface area contributed by atoms with Gasteiger partial charge in [0.15, 0.2) is 5.69 Å². The summed E-state index contributed by atoms with van der Waals surface area (Å²) in [6, 6.07) is 11.1. The van der Waals surface area contributed by atoms with Crippen LogP contribution >= 0.6 is 0 Å². The smallest absolute Gasteiger partial charge is 0.358 e. The highest BCUT2D eigenvalue weighted by atomic mass is 16.4. The molecule has 21 heavy (non-hydrogen) atoms. The number of carboxylic acid groups (broad SMARTS) is 1. The van der Waals surface area contributed by atoms with Crippen LogP contribution in [0.25, 0.3) is 11.3 Å². The lowest BCUT2D eigenvalue weighted by molar-refractivity contribution is 0.0691. The van der Waals surface area contributed by atoms with Crippen molar-refractivity contribution in [3.05, 3.63) is 54.5 Å². The Hall–Kier alpha value is -2.96. The molecular weight excluding hydrogens is 270 g/mol. The van der Waals surface area contributed by atoms with Gasteiger partial charge in [0.2, 0.25) is 0 Å². The van der Waals surface area contributed by atoms with Gasteiger partial charge in [-0.25, -0.2) is 9.48 Å². The Balaban J connectivity index is 1.95. The molecule has 0 saturated heterocycles. The average molecular weight is 283 g/mol. The molecule has 0 fully saturated rings. The predicted octanol–water partition coefficient (Wildman–Crippen LogP) is 1.54. The molecule has 7 heteroatoms. The van der Waals surface area contributed by atoms with Gasteiger partial charge in [0.05, 0.1) is 13.1 Å². The van der Waals surface area contributed by atoms with Crippen LogP contribution in [0, 0.1) is 0 Å². The fourth-order valence-corrected chi connectivity index (χ4v) is 2.13. The predicted molar refractivity (Wildman–Crippen MR) is 74.6 cm³/mol. The minimum atomic E-state index is -1.08. The topological polar surface area (TPSA) is 85.8 Å². The third-order valence-electron chi connectivity index (χ3n) is 3.09. The first-order valence-corrected chi connectivity index (χ1v) is 6.45. The minimum absolute atomic E-state index is 0.0401. The van der Waals surface area contributed by atoms with Crippen LogP contribution in [0.15, 0.2) is 48.8 Å². The molecule has 106 valence electrons. The highest BCUT2D eigenvalue weighted by molar-refractivity contribution is 5.92. The Morgan fingerprint density at radius 2 is 1.95 bits per heavy atom. The average Bonchev–Trinajstić information content (AvgIpc) is 3.15. The molecule has 2 aromatic heterocycles. The van der Waals surface area contributed by atoms with Gasteiger partial charge in [0.1, 0.15) is 5.69 Å². The highest BCUT2D eigenvalue weighted by Gasteiger charge is 2.20. The van der Waals surface area contributed by atoms with Gasteiger partial charge in [-0.15, -0.1) is 5.10 Å². The maximum absolute atomic E-state index is 11.3. The number of nitrogens with zero attached hydrogens (tertiary/aromatic N) is 5. The molecular formula is C14H13N5O2. The van der Waals surface area contributed by atoms with Crippen molar-refractivity contribution in [3.63, 3.8) is 0 Å². The van der Waals surface area contributed by atoms with E-state index in [1.165, 1.54) is 0 Å². The number of carboxylic acids is 1. The van der Waals surface area contributed by atoms with Gasteiger partial charge < -0.3 is 5.11 Å². The zero-order valence-corrected chi connectivity index (χ0v) is 11.1. The first kappa shape index (κ1) is 13.0. The van der Waals surface area contributed by atoms with E-state index < -0.39 is 5.97 Å². The lowest BCUT2D eigenvalue weighted by atomic mass is 10.1. The summed E-state index contributed by atoms with van der Waals surface area (Å²) < 4.78 is 3.36. The third kappa shape index (κ3) is 2.66. The molecule has 0 radical (unpaired) electrons. The van der Waals surface area contributed by atoms with Crippen LogP contribution in [0.1, 0.15) is 10.5 Å². The molecule has 7 nitrogen and oxygen atoms in total. The maximum Gasteiger partial charge on any atom is 0.358 e. The van der Waals surface area contributed by atoms with E-state index in [1.807, 2.05) is 42.6 Å². The second kappa shape index (κ2) is 5.58. The van der Waals surface area contributed by atoms with Crippen LogP contribution in [-0.2, 0) is 13.1 Å². The van der Waals surface area contributed by atoms with Crippen LogP contribution in [0.5, 0.6) is 0 Å². The van der Waals surface area contributed by atoms with E-state index in [9.17, 15) is 9.90 Å². The van der Waals surface area contributed by atoms with Crippen molar-refractivity contribution in [2.24, 2.45) is 0 Å². The minimum Gasteiger partial charge on any atom is -0.476 e. The van der Waals surface area contributed by atoms with E-state index in [0.29, 0.717) is 18.8 Å². The fourth-order valence-electron chi connectivity index (χ4n) is 2.13. The van der Waals surface area contributed by atoms with Crippen LogP contribution < -0.4 is 0 Å². The van der Waals surface area contributed by atoms with E-state index in [2.05, 4.69) is 15.4 Å². The Kier molecular flexibility index (Phi) is 3.46. The molecule has 3 aromatic rings. The van der Waals surface area contributed by atoms with Crippen LogP contribution in [-0.4, -0.2) is 35.9 Å². The first-order valence-electron chi connectivity index (χ1n) is 6.45. The molecule has 0 aliphatic rings. The van der Waals surface area contributed by atoms with Gasteiger partial charge in [0.25, 0.3) is 0 Å². The SMILES string of the molecule is O=C(O)c1nnn(CCn2cccn2)c1-c1ccccc1. The van der Waals surface area contributed by atoms with E-state index >= 15 is 0 Å². The summed E-state index contributed by atoms with van der Waals surface area (Å²) in [6.45, 7) is 1.08. The van der Waals surface area contributed by atoms with Gasteiger partial charge in [-0.2, -0.15) is 5.10 Å². The molecule has 3 rings (SSSR count). The quantitative estimate of drug-likeness (QED) is 0.767. The fraction of sp³-hybridized carbons (Fsp3) is 0.143. The summed E-state index contributed by atoms with van der Waals surface area (Å²) >= 11 is 0. The lowest BCUT2D eigenvalue weighted by Gasteiger charge is -2.07. The van der Waals surface area contributed by atoms with Gasteiger partial charge in [-0.05, 0) is 6.07 Å². The van der Waals surface area contributed by atoms with Crippen molar-refractivity contribution in [3.8, 4) is 11.3 Å². The summed E-state index contributed by atoms with van der Waals surface area (Å²) in [6.07, 6.45) is 3.54. The number of aromatic carboxylic acids is 1. The molecule has 0 atom stereocenters. The molecule has 0 unspecified atom stereocenters. The Morgan fingerprint density at radius 3 is 2.62 bits per heavy atom. The zero-order chi connectivity index (χ0) is 14.7. The zero-order valence-electron chi connectivity index (χ0n) is 11.1. The van der Waals surface area contributed by atoms with E-state index in [0.717, 1.165) is 5.56 Å². The van der Waals surface area contributed by atoms with E-state index in [-0.39, 0.29) is 5.69 Å². The van der Waals surface area contributed by atoms with Gasteiger partial charge in [-0.3, -0.25) is 4.68 Å². The second-order valence-corrected chi connectivity index (χ2v) is 4.45. The van der Waals surface area contributed by atoms with Gasteiger partial charge in [0, 0.05) is 18.0 Å².